The topological polar surface area (TPSA) is 38.3 Å². The molecule has 0 aliphatic carbocycles. The zero-order chi connectivity index (χ0) is 16.1. The molecule has 0 fully saturated rings. The number of amides is 1. The summed E-state index contributed by atoms with van der Waals surface area (Å²) >= 11 is 11.9. The van der Waals surface area contributed by atoms with E-state index in [1.54, 1.807) is 25.1 Å². The molecule has 0 aliphatic rings. The molecule has 0 bridgehead atoms. The summed E-state index contributed by atoms with van der Waals surface area (Å²) in [5, 5.41) is 3.77. The van der Waals surface area contributed by atoms with Crippen molar-refractivity contribution < 1.29 is 9.53 Å². The molecule has 22 heavy (non-hydrogen) atoms. The Morgan fingerprint density at radius 3 is 2.64 bits per heavy atom. The average Bonchev–Trinajstić information content (AvgIpc) is 2.50. The van der Waals surface area contributed by atoms with Gasteiger partial charge in [-0.2, -0.15) is 0 Å². The van der Waals surface area contributed by atoms with E-state index >= 15 is 0 Å². The summed E-state index contributed by atoms with van der Waals surface area (Å²) in [4.78, 5) is 12.3. The molecule has 0 spiro atoms. The third-order valence-corrected chi connectivity index (χ3v) is 3.75. The van der Waals surface area contributed by atoms with E-state index in [1.165, 1.54) is 0 Å². The Bertz CT molecular complexity index is 673. The molecule has 0 saturated carbocycles. The number of hydrogen-bond donors (Lipinski definition) is 1. The van der Waals surface area contributed by atoms with E-state index in [1.807, 2.05) is 31.2 Å². The van der Waals surface area contributed by atoms with Crippen LogP contribution in [0.25, 0.3) is 0 Å². The number of nitrogens with one attached hydrogen (secondary N) is 1. The minimum atomic E-state index is -0.677. The molecule has 116 valence electrons. The van der Waals surface area contributed by atoms with Crippen molar-refractivity contribution in [2.75, 3.05) is 5.32 Å². The summed E-state index contributed by atoms with van der Waals surface area (Å²) in [6, 6.07) is 12.6. The van der Waals surface area contributed by atoms with Crippen molar-refractivity contribution in [2.45, 2.75) is 26.4 Å². The second-order valence-corrected chi connectivity index (χ2v) is 5.68. The largest absolute Gasteiger partial charge is 0.479 e. The lowest BCUT2D eigenvalue weighted by Crippen LogP contribution is -2.30. The lowest BCUT2D eigenvalue weighted by atomic mass is 10.1. The monoisotopic (exact) mass is 337 g/mol. The molecule has 5 heteroatoms. The highest BCUT2D eigenvalue weighted by Crippen LogP contribution is 2.28. The zero-order valence-electron chi connectivity index (χ0n) is 12.4. The molecule has 3 nitrogen and oxygen atoms in total. The first-order valence-electron chi connectivity index (χ1n) is 7.01. The molecule has 2 aromatic carbocycles. The predicted octanol–water partition coefficient (Wildman–Crippen LogP) is 4.96. The van der Waals surface area contributed by atoms with Crippen LogP contribution in [0.3, 0.4) is 0 Å². The van der Waals surface area contributed by atoms with E-state index in [-0.39, 0.29) is 5.91 Å². The van der Waals surface area contributed by atoms with Gasteiger partial charge in [-0.15, -0.1) is 0 Å². The van der Waals surface area contributed by atoms with Gasteiger partial charge in [-0.05, 0) is 43.2 Å². The Kier molecular flexibility index (Phi) is 5.69. The second-order valence-electron chi connectivity index (χ2n) is 4.83. The summed E-state index contributed by atoms with van der Waals surface area (Å²) in [5.74, 6) is 0.199. The fourth-order valence-corrected chi connectivity index (χ4v) is 2.45. The van der Waals surface area contributed by atoms with Gasteiger partial charge in [0, 0.05) is 10.7 Å². The van der Waals surface area contributed by atoms with Gasteiger partial charge in [0.05, 0.1) is 5.02 Å². The van der Waals surface area contributed by atoms with Gasteiger partial charge in [0.25, 0.3) is 5.91 Å². The maximum Gasteiger partial charge on any atom is 0.265 e. The summed E-state index contributed by atoms with van der Waals surface area (Å²) in [5.41, 5.74) is 1.88. The third-order valence-electron chi connectivity index (χ3n) is 3.22. The van der Waals surface area contributed by atoms with Gasteiger partial charge in [-0.3, -0.25) is 4.79 Å². The predicted molar refractivity (Wildman–Crippen MR) is 91.0 cm³/mol. The molecular formula is C17H17Cl2NO2. The van der Waals surface area contributed by atoms with Gasteiger partial charge in [-0.1, -0.05) is 48.3 Å². The number of halogens is 2. The molecule has 0 saturated heterocycles. The van der Waals surface area contributed by atoms with Crippen LogP contribution in [-0.2, 0) is 11.2 Å². The Morgan fingerprint density at radius 1 is 1.23 bits per heavy atom. The van der Waals surface area contributed by atoms with Crippen molar-refractivity contribution >= 4 is 34.8 Å². The van der Waals surface area contributed by atoms with Crippen molar-refractivity contribution in [1.29, 1.82) is 0 Å². The number of carbonyl (C=O) groups is 1. The van der Waals surface area contributed by atoms with Gasteiger partial charge in [-0.25, -0.2) is 0 Å². The van der Waals surface area contributed by atoms with Gasteiger partial charge < -0.3 is 10.1 Å². The van der Waals surface area contributed by atoms with E-state index in [0.29, 0.717) is 15.8 Å². The van der Waals surface area contributed by atoms with Crippen LogP contribution >= 0.6 is 23.2 Å². The molecule has 2 rings (SSSR count). The molecule has 0 aromatic heterocycles. The van der Waals surface area contributed by atoms with Crippen molar-refractivity contribution in [2.24, 2.45) is 0 Å². The lowest BCUT2D eigenvalue weighted by molar-refractivity contribution is -0.122. The van der Waals surface area contributed by atoms with Crippen LogP contribution in [0.4, 0.5) is 5.69 Å². The minimum absolute atomic E-state index is 0.230. The van der Waals surface area contributed by atoms with Crippen molar-refractivity contribution in [1.82, 2.24) is 0 Å². The van der Waals surface area contributed by atoms with Crippen LogP contribution in [0, 0.1) is 0 Å². The molecule has 1 unspecified atom stereocenters. The van der Waals surface area contributed by atoms with E-state index in [0.717, 1.165) is 17.7 Å². The van der Waals surface area contributed by atoms with Crippen LogP contribution in [0.2, 0.25) is 10.0 Å². The van der Waals surface area contributed by atoms with Crippen molar-refractivity contribution in [3.05, 3.63) is 58.1 Å². The Hall–Kier alpha value is -1.71. The summed E-state index contributed by atoms with van der Waals surface area (Å²) in [7, 11) is 0. The third kappa shape index (κ3) is 4.15. The fourth-order valence-electron chi connectivity index (χ4n) is 2.00. The number of aryl methyl sites for hydroxylation is 1. The van der Waals surface area contributed by atoms with Gasteiger partial charge in [0.1, 0.15) is 5.75 Å². The summed E-state index contributed by atoms with van der Waals surface area (Å²) < 4.78 is 5.60. The lowest BCUT2D eigenvalue weighted by Gasteiger charge is -2.17. The number of benzene rings is 2. The first kappa shape index (κ1) is 16.7. The van der Waals surface area contributed by atoms with E-state index in [4.69, 9.17) is 27.9 Å². The highest BCUT2D eigenvalue weighted by molar-refractivity contribution is 6.35. The molecule has 0 radical (unpaired) electrons. The van der Waals surface area contributed by atoms with E-state index in [2.05, 4.69) is 5.32 Å². The SMILES string of the molecule is CCc1ccccc1NC(=O)C(C)Oc1ccc(Cl)cc1Cl. The minimum Gasteiger partial charge on any atom is -0.479 e. The maximum atomic E-state index is 12.3. The standard InChI is InChI=1S/C17H17Cl2NO2/c1-3-12-6-4-5-7-15(12)20-17(21)11(2)22-16-9-8-13(18)10-14(16)19/h4-11H,3H2,1-2H3,(H,20,21). The number of carbonyl (C=O) groups excluding carboxylic acids is 1. The molecule has 2 aromatic rings. The van der Waals surface area contributed by atoms with Crippen LogP contribution in [-0.4, -0.2) is 12.0 Å². The quantitative estimate of drug-likeness (QED) is 0.837. The van der Waals surface area contributed by atoms with Crippen LogP contribution in [0.15, 0.2) is 42.5 Å². The highest BCUT2D eigenvalue weighted by atomic mass is 35.5. The Balaban J connectivity index is 2.06. The van der Waals surface area contributed by atoms with E-state index < -0.39 is 6.10 Å². The van der Waals surface area contributed by atoms with Crippen molar-refractivity contribution in [3.63, 3.8) is 0 Å². The number of ether oxygens (including phenoxy) is 1. The number of para-hydroxylation sites is 1. The number of rotatable bonds is 5. The molecule has 1 N–H and O–H groups in total. The molecule has 1 atom stereocenters. The number of anilines is 1. The molecular weight excluding hydrogens is 321 g/mol. The second kappa shape index (κ2) is 7.52. The average molecular weight is 338 g/mol. The normalized spacial score (nSPS) is 11.8. The maximum absolute atomic E-state index is 12.3. The van der Waals surface area contributed by atoms with Crippen LogP contribution in [0.1, 0.15) is 19.4 Å². The highest BCUT2D eigenvalue weighted by Gasteiger charge is 2.17. The molecule has 1 amide bonds. The Labute approximate surface area is 140 Å². The summed E-state index contributed by atoms with van der Waals surface area (Å²) in [6.07, 6.45) is 0.165. The van der Waals surface area contributed by atoms with Gasteiger partial charge in [0.15, 0.2) is 6.10 Å². The molecule has 0 aliphatic heterocycles. The van der Waals surface area contributed by atoms with Crippen LogP contribution in [0.5, 0.6) is 5.75 Å². The van der Waals surface area contributed by atoms with Crippen LogP contribution < -0.4 is 10.1 Å². The van der Waals surface area contributed by atoms with Crippen molar-refractivity contribution in [3.8, 4) is 5.75 Å². The van der Waals surface area contributed by atoms with Gasteiger partial charge >= 0.3 is 0 Å². The first-order valence-corrected chi connectivity index (χ1v) is 7.77. The smallest absolute Gasteiger partial charge is 0.265 e. The Morgan fingerprint density at radius 2 is 1.95 bits per heavy atom. The van der Waals surface area contributed by atoms with Gasteiger partial charge in [0.2, 0.25) is 0 Å². The first-order chi connectivity index (χ1) is 10.5. The van der Waals surface area contributed by atoms with E-state index in [9.17, 15) is 4.79 Å². The molecule has 0 heterocycles. The number of hydrogen-bond acceptors (Lipinski definition) is 2. The zero-order valence-corrected chi connectivity index (χ0v) is 13.9. The fraction of sp³-hybridized carbons (Fsp3) is 0.235. The summed E-state index contributed by atoms with van der Waals surface area (Å²) in [6.45, 7) is 3.72.